The van der Waals surface area contributed by atoms with Crippen molar-refractivity contribution in [1.29, 1.82) is 5.26 Å². The lowest BCUT2D eigenvalue weighted by Crippen LogP contribution is -2.49. The van der Waals surface area contributed by atoms with Gasteiger partial charge < -0.3 is 9.47 Å². The summed E-state index contributed by atoms with van der Waals surface area (Å²) in [6.07, 6.45) is 0. The lowest BCUT2D eigenvalue weighted by atomic mass is 10.2. The second-order valence-corrected chi connectivity index (χ2v) is 3.63. The number of hydrogen-bond acceptors (Lipinski definition) is 4. The molecule has 17 heavy (non-hydrogen) atoms. The summed E-state index contributed by atoms with van der Waals surface area (Å²) in [4.78, 5) is 13.2. The van der Waals surface area contributed by atoms with Crippen LogP contribution in [0.2, 0.25) is 0 Å². The number of ether oxygens (including phenoxy) is 2. The van der Waals surface area contributed by atoms with Crippen molar-refractivity contribution in [1.82, 2.24) is 0 Å². The smallest absolute Gasteiger partial charge is 0.254 e. The summed E-state index contributed by atoms with van der Waals surface area (Å²) in [7, 11) is 1.56. The highest BCUT2D eigenvalue weighted by molar-refractivity contribution is 5.96. The number of morpholine rings is 1. The molecule has 1 aromatic carbocycles. The zero-order valence-corrected chi connectivity index (χ0v) is 9.42. The van der Waals surface area contributed by atoms with Crippen molar-refractivity contribution in [3.8, 4) is 11.8 Å². The van der Waals surface area contributed by atoms with E-state index in [0.29, 0.717) is 11.4 Å². The normalized spacial score (nSPS) is 19.9. The van der Waals surface area contributed by atoms with Crippen LogP contribution in [0.1, 0.15) is 0 Å². The summed E-state index contributed by atoms with van der Waals surface area (Å²) >= 11 is 0. The number of anilines is 1. The zero-order valence-electron chi connectivity index (χ0n) is 9.42. The molecule has 1 aromatic rings. The Morgan fingerprint density at radius 2 is 2.41 bits per heavy atom. The second kappa shape index (κ2) is 4.85. The lowest BCUT2D eigenvalue weighted by Gasteiger charge is -2.31. The summed E-state index contributed by atoms with van der Waals surface area (Å²) in [5, 5.41) is 9.01. The van der Waals surface area contributed by atoms with Crippen molar-refractivity contribution in [2.75, 3.05) is 25.2 Å². The van der Waals surface area contributed by atoms with Gasteiger partial charge >= 0.3 is 0 Å². The molecule has 1 saturated heterocycles. The predicted octanol–water partition coefficient (Wildman–Crippen LogP) is 0.951. The first-order valence-electron chi connectivity index (χ1n) is 5.19. The van der Waals surface area contributed by atoms with Crippen molar-refractivity contribution >= 4 is 11.6 Å². The predicted molar refractivity (Wildman–Crippen MR) is 60.7 cm³/mol. The number of hydrogen-bond donors (Lipinski definition) is 0. The van der Waals surface area contributed by atoms with Gasteiger partial charge in [-0.1, -0.05) is 6.07 Å². The average Bonchev–Trinajstić information content (AvgIpc) is 2.38. The van der Waals surface area contributed by atoms with Crippen molar-refractivity contribution < 1.29 is 14.3 Å². The molecule has 1 heterocycles. The van der Waals surface area contributed by atoms with Crippen LogP contribution in [-0.2, 0) is 9.53 Å². The highest BCUT2D eigenvalue weighted by Crippen LogP contribution is 2.24. The Kier molecular flexibility index (Phi) is 3.26. The van der Waals surface area contributed by atoms with Crippen LogP contribution in [0.5, 0.6) is 5.75 Å². The van der Waals surface area contributed by atoms with Crippen LogP contribution in [-0.4, -0.2) is 32.3 Å². The molecule has 0 bridgehead atoms. The quantitative estimate of drug-likeness (QED) is 0.761. The van der Waals surface area contributed by atoms with E-state index in [1.807, 2.05) is 0 Å². The summed E-state index contributed by atoms with van der Waals surface area (Å²) in [5.41, 5.74) is 0.657. The van der Waals surface area contributed by atoms with Gasteiger partial charge in [0.2, 0.25) is 0 Å². The Morgan fingerprint density at radius 1 is 1.59 bits per heavy atom. The monoisotopic (exact) mass is 232 g/mol. The van der Waals surface area contributed by atoms with Crippen LogP contribution in [0.4, 0.5) is 5.69 Å². The number of carbonyl (C=O) groups excluding carboxylic acids is 1. The van der Waals surface area contributed by atoms with E-state index in [0.717, 1.165) is 0 Å². The molecule has 5 nitrogen and oxygen atoms in total. The first-order chi connectivity index (χ1) is 8.26. The summed E-state index contributed by atoms with van der Waals surface area (Å²) in [6, 6.07) is 8.55. The third-order valence-electron chi connectivity index (χ3n) is 2.56. The molecule has 0 spiro atoms. The first kappa shape index (κ1) is 11.4. The van der Waals surface area contributed by atoms with Gasteiger partial charge in [0.1, 0.15) is 18.4 Å². The van der Waals surface area contributed by atoms with Gasteiger partial charge in [0.05, 0.1) is 19.8 Å². The maximum atomic E-state index is 11.8. The molecular formula is C12H12N2O3. The van der Waals surface area contributed by atoms with Gasteiger partial charge in [0, 0.05) is 11.8 Å². The van der Waals surface area contributed by atoms with Crippen LogP contribution in [0, 0.1) is 11.3 Å². The molecule has 1 amide bonds. The van der Waals surface area contributed by atoms with E-state index in [1.165, 1.54) is 4.90 Å². The van der Waals surface area contributed by atoms with Crippen LogP contribution in [0.15, 0.2) is 24.3 Å². The highest BCUT2D eigenvalue weighted by atomic mass is 16.5. The van der Waals surface area contributed by atoms with E-state index < -0.39 is 6.04 Å². The maximum absolute atomic E-state index is 11.8. The highest BCUT2D eigenvalue weighted by Gasteiger charge is 2.30. The van der Waals surface area contributed by atoms with E-state index >= 15 is 0 Å². The number of carbonyl (C=O) groups is 1. The molecule has 1 fully saturated rings. The summed E-state index contributed by atoms with van der Waals surface area (Å²) in [5.74, 6) is 0.439. The van der Waals surface area contributed by atoms with Crippen LogP contribution in [0.3, 0.4) is 0 Å². The Labute approximate surface area is 99.2 Å². The van der Waals surface area contributed by atoms with Gasteiger partial charge in [-0.2, -0.15) is 5.26 Å². The minimum absolute atomic E-state index is 0.00932. The van der Waals surface area contributed by atoms with Crippen molar-refractivity contribution in [3.63, 3.8) is 0 Å². The number of rotatable bonds is 2. The van der Waals surface area contributed by atoms with Gasteiger partial charge in [-0.05, 0) is 12.1 Å². The Balaban J connectivity index is 2.35. The molecule has 0 N–H and O–H groups in total. The van der Waals surface area contributed by atoms with Gasteiger partial charge in [0.25, 0.3) is 5.91 Å². The summed E-state index contributed by atoms with van der Waals surface area (Å²) in [6.45, 7) is 0.245. The fourth-order valence-electron chi connectivity index (χ4n) is 1.76. The molecule has 1 unspecified atom stereocenters. The van der Waals surface area contributed by atoms with E-state index in [4.69, 9.17) is 14.7 Å². The molecule has 1 aliphatic rings. The molecule has 88 valence electrons. The van der Waals surface area contributed by atoms with E-state index in [1.54, 1.807) is 31.4 Å². The van der Waals surface area contributed by atoms with Crippen LogP contribution < -0.4 is 9.64 Å². The lowest BCUT2D eigenvalue weighted by molar-refractivity contribution is -0.126. The molecule has 0 radical (unpaired) electrons. The third-order valence-corrected chi connectivity index (χ3v) is 2.56. The molecule has 5 heteroatoms. The molecule has 2 rings (SSSR count). The van der Waals surface area contributed by atoms with Gasteiger partial charge in [0.15, 0.2) is 0 Å². The molecule has 1 atom stereocenters. The maximum Gasteiger partial charge on any atom is 0.254 e. The number of nitrogens with zero attached hydrogens (tertiary/aromatic N) is 2. The average molecular weight is 232 g/mol. The zero-order chi connectivity index (χ0) is 12.3. The SMILES string of the molecule is COc1cccc(N2C(=O)COCC2C#N)c1. The van der Waals surface area contributed by atoms with Crippen molar-refractivity contribution in [3.05, 3.63) is 24.3 Å². The second-order valence-electron chi connectivity index (χ2n) is 3.63. The van der Waals surface area contributed by atoms with Crippen LogP contribution in [0.25, 0.3) is 0 Å². The largest absolute Gasteiger partial charge is 0.497 e. The fourth-order valence-corrected chi connectivity index (χ4v) is 1.76. The fraction of sp³-hybridized carbons (Fsp3) is 0.333. The number of benzene rings is 1. The van der Waals surface area contributed by atoms with Gasteiger partial charge in [-0.3, -0.25) is 9.69 Å². The van der Waals surface area contributed by atoms with Gasteiger partial charge in [-0.25, -0.2) is 0 Å². The molecule has 0 saturated carbocycles. The van der Waals surface area contributed by atoms with E-state index in [9.17, 15) is 4.79 Å². The van der Waals surface area contributed by atoms with Crippen molar-refractivity contribution in [2.45, 2.75) is 6.04 Å². The Morgan fingerprint density at radius 3 is 3.12 bits per heavy atom. The third kappa shape index (κ3) is 2.22. The standard InChI is InChI=1S/C12H12N2O3/c1-16-11-4-2-3-9(5-11)14-10(6-13)7-17-8-12(14)15/h2-5,10H,7-8H2,1H3. The minimum atomic E-state index is -0.580. The molecule has 1 aliphatic heterocycles. The van der Waals surface area contributed by atoms with E-state index in [2.05, 4.69) is 6.07 Å². The Hall–Kier alpha value is -2.06. The van der Waals surface area contributed by atoms with E-state index in [-0.39, 0.29) is 19.1 Å². The Bertz CT molecular complexity index is 467. The van der Waals surface area contributed by atoms with Crippen LogP contribution >= 0.6 is 0 Å². The van der Waals surface area contributed by atoms with Crippen molar-refractivity contribution in [2.24, 2.45) is 0 Å². The molecular weight excluding hydrogens is 220 g/mol. The number of nitriles is 1. The first-order valence-corrected chi connectivity index (χ1v) is 5.19. The molecule has 0 aromatic heterocycles. The summed E-state index contributed by atoms with van der Waals surface area (Å²) < 4.78 is 10.1. The minimum Gasteiger partial charge on any atom is -0.497 e. The number of amides is 1. The molecule has 0 aliphatic carbocycles. The van der Waals surface area contributed by atoms with Gasteiger partial charge in [-0.15, -0.1) is 0 Å². The number of methoxy groups -OCH3 is 1. The topological polar surface area (TPSA) is 62.6 Å².